The highest BCUT2D eigenvalue weighted by Crippen LogP contribution is 2.32. The molecular weight excluding hydrogens is 374 g/mol. The summed E-state index contributed by atoms with van der Waals surface area (Å²) in [6, 6.07) is 4.70. The molecule has 158 valence electrons. The molecule has 6 heteroatoms. The summed E-state index contributed by atoms with van der Waals surface area (Å²) in [4.78, 5) is 0.177. The van der Waals surface area contributed by atoms with Crippen LogP contribution in [0.4, 0.5) is 0 Å². The summed E-state index contributed by atoms with van der Waals surface area (Å²) in [5.74, 6) is 1.08. The van der Waals surface area contributed by atoms with Crippen molar-refractivity contribution >= 4 is 10.0 Å². The Morgan fingerprint density at radius 3 is 2.43 bits per heavy atom. The van der Waals surface area contributed by atoms with E-state index in [1.54, 1.807) is 25.3 Å². The van der Waals surface area contributed by atoms with Gasteiger partial charge in [0.25, 0.3) is 0 Å². The lowest BCUT2D eigenvalue weighted by molar-refractivity contribution is 0.289. The van der Waals surface area contributed by atoms with Crippen molar-refractivity contribution in [3.05, 3.63) is 43.5 Å². The molecule has 0 fully saturated rings. The van der Waals surface area contributed by atoms with Crippen LogP contribution in [-0.2, 0) is 10.0 Å². The molecule has 0 N–H and O–H groups in total. The Bertz CT molecular complexity index is 728. The molecule has 0 aliphatic rings. The van der Waals surface area contributed by atoms with Crippen molar-refractivity contribution in [3.8, 4) is 11.5 Å². The second kappa shape index (κ2) is 11.9. The van der Waals surface area contributed by atoms with Crippen molar-refractivity contribution in [2.45, 2.75) is 57.4 Å². The van der Waals surface area contributed by atoms with Gasteiger partial charge in [0.15, 0.2) is 0 Å². The van der Waals surface area contributed by atoms with Crippen LogP contribution in [0.15, 0.2) is 48.4 Å². The number of benzene rings is 1. The number of hydrogen-bond acceptors (Lipinski definition) is 4. The molecule has 1 aromatic rings. The van der Waals surface area contributed by atoms with Gasteiger partial charge >= 0.3 is 0 Å². The van der Waals surface area contributed by atoms with E-state index in [0.29, 0.717) is 24.7 Å². The van der Waals surface area contributed by atoms with Crippen LogP contribution in [0.5, 0.6) is 11.5 Å². The predicted octanol–water partition coefficient (Wildman–Crippen LogP) is 5.04. The first-order valence-corrected chi connectivity index (χ1v) is 11.3. The zero-order valence-corrected chi connectivity index (χ0v) is 18.5. The van der Waals surface area contributed by atoms with Gasteiger partial charge in [-0.25, -0.2) is 8.42 Å². The van der Waals surface area contributed by atoms with Crippen LogP contribution in [-0.4, -0.2) is 39.0 Å². The van der Waals surface area contributed by atoms with E-state index in [1.807, 2.05) is 32.9 Å². The molecular formula is C22H35NO4S. The van der Waals surface area contributed by atoms with Crippen LogP contribution in [0, 0.1) is 5.92 Å². The molecule has 0 radical (unpaired) electrons. The summed E-state index contributed by atoms with van der Waals surface area (Å²) >= 11 is 0. The molecule has 0 aliphatic carbocycles. The highest BCUT2D eigenvalue weighted by Gasteiger charge is 2.31. The normalized spacial score (nSPS) is 12.8. The molecule has 0 saturated heterocycles. The van der Waals surface area contributed by atoms with Crippen LogP contribution in [0.3, 0.4) is 0 Å². The van der Waals surface area contributed by atoms with Crippen LogP contribution in [0.1, 0.15) is 46.5 Å². The smallest absolute Gasteiger partial charge is 0.247 e. The molecule has 0 heterocycles. The van der Waals surface area contributed by atoms with Gasteiger partial charge in [-0.3, -0.25) is 0 Å². The molecule has 1 rings (SSSR count). The summed E-state index contributed by atoms with van der Waals surface area (Å²) in [6.45, 7) is 14.1. The third-order valence-electron chi connectivity index (χ3n) is 4.43. The Hall–Kier alpha value is -1.79. The van der Waals surface area contributed by atoms with Crippen molar-refractivity contribution in [2.75, 3.05) is 20.3 Å². The summed E-state index contributed by atoms with van der Waals surface area (Å²) in [6.07, 6.45) is 7.13. The van der Waals surface area contributed by atoms with Crippen LogP contribution in [0.2, 0.25) is 0 Å². The molecule has 5 nitrogen and oxygen atoms in total. The number of ether oxygens (including phenoxy) is 2. The molecule has 1 aromatic carbocycles. The van der Waals surface area contributed by atoms with Crippen molar-refractivity contribution in [3.63, 3.8) is 0 Å². The van der Waals surface area contributed by atoms with Crippen molar-refractivity contribution in [1.82, 2.24) is 4.31 Å². The minimum Gasteiger partial charge on any atom is -0.497 e. The average molecular weight is 410 g/mol. The number of nitrogens with zero attached hydrogens (tertiary/aromatic N) is 1. The fraction of sp³-hybridized carbons (Fsp3) is 0.545. The average Bonchev–Trinajstić information content (AvgIpc) is 2.65. The fourth-order valence-corrected chi connectivity index (χ4v) is 4.76. The molecule has 0 bridgehead atoms. The zero-order valence-electron chi connectivity index (χ0n) is 17.7. The van der Waals surface area contributed by atoms with E-state index in [9.17, 15) is 8.42 Å². The van der Waals surface area contributed by atoms with E-state index < -0.39 is 10.0 Å². The van der Waals surface area contributed by atoms with Gasteiger partial charge in [-0.05, 0) is 57.6 Å². The quantitative estimate of drug-likeness (QED) is 0.319. The first-order chi connectivity index (χ1) is 13.3. The van der Waals surface area contributed by atoms with Gasteiger partial charge < -0.3 is 9.47 Å². The molecule has 0 aliphatic heterocycles. The van der Waals surface area contributed by atoms with Crippen molar-refractivity contribution in [1.29, 1.82) is 0 Å². The lowest BCUT2D eigenvalue weighted by Crippen LogP contribution is -2.40. The van der Waals surface area contributed by atoms with E-state index in [0.717, 1.165) is 25.7 Å². The lowest BCUT2D eigenvalue weighted by atomic mass is 10.1. The minimum absolute atomic E-state index is 0.167. The van der Waals surface area contributed by atoms with Gasteiger partial charge in [0.2, 0.25) is 10.0 Å². The monoisotopic (exact) mass is 409 g/mol. The number of rotatable bonds is 14. The Morgan fingerprint density at radius 2 is 1.86 bits per heavy atom. The molecule has 1 atom stereocenters. The molecule has 0 spiro atoms. The van der Waals surface area contributed by atoms with Gasteiger partial charge in [0.05, 0.1) is 13.7 Å². The first-order valence-electron chi connectivity index (χ1n) is 9.82. The van der Waals surface area contributed by atoms with Gasteiger partial charge in [-0.2, -0.15) is 4.31 Å². The van der Waals surface area contributed by atoms with Crippen molar-refractivity contribution < 1.29 is 17.9 Å². The van der Waals surface area contributed by atoms with E-state index in [-0.39, 0.29) is 16.9 Å². The summed E-state index contributed by atoms with van der Waals surface area (Å²) < 4.78 is 39.5. The molecule has 0 unspecified atom stereocenters. The minimum atomic E-state index is -3.71. The topological polar surface area (TPSA) is 55.8 Å². The summed E-state index contributed by atoms with van der Waals surface area (Å²) in [7, 11) is -2.16. The summed E-state index contributed by atoms with van der Waals surface area (Å²) in [5.41, 5.74) is 0. The number of methoxy groups -OCH3 is 1. The van der Waals surface area contributed by atoms with E-state index in [4.69, 9.17) is 9.47 Å². The van der Waals surface area contributed by atoms with Gasteiger partial charge in [-0.1, -0.05) is 19.1 Å². The number of unbranched alkanes of at least 4 members (excludes halogenated alkanes) is 2. The predicted molar refractivity (Wildman–Crippen MR) is 116 cm³/mol. The Kier molecular flexibility index (Phi) is 10.3. The number of hydrogen-bond donors (Lipinski definition) is 0. The Balaban J connectivity index is 3.17. The second-order valence-electron chi connectivity index (χ2n) is 7.24. The third-order valence-corrected chi connectivity index (χ3v) is 6.52. The molecule has 0 saturated carbocycles. The van der Waals surface area contributed by atoms with E-state index in [1.165, 1.54) is 4.31 Å². The van der Waals surface area contributed by atoms with Crippen LogP contribution >= 0.6 is 0 Å². The Morgan fingerprint density at radius 1 is 1.14 bits per heavy atom. The molecule has 0 aromatic heterocycles. The fourth-order valence-electron chi connectivity index (χ4n) is 2.89. The molecule has 0 amide bonds. The van der Waals surface area contributed by atoms with Crippen molar-refractivity contribution in [2.24, 2.45) is 5.92 Å². The van der Waals surface area contributed by atoms with Gasteiger partial charge in [-0.15, -0.1) is 13.2 Å². The SMILES string of the molecule is C=CCCCCOc1cc(OC)ccc1S(=O)(=O)N(C[C@H](C)CC=C)C(C)C. The lowest BCUT2D eigenvalue weighted by Gasteiger charge is -2.29. The second-order valence-corrected chi connectivity index (χ2v) is 9.10. The summed E-state index contributed by atoms with van der Waals surface area (Å²) in [5, 5.41) is 0. The molecule has 28 heavy (non-hydrogen) atoms. The van der Waals surface area contributed by atoms with Gasteiger partial charge in [0.1, 0.15) is 16.4 Å². The zero-order chi connectivity index (χ0) is 21.2. The largest absolute Gasteiger partial charge is 0.497 e. The van der Waals surface area contributed by atoms with Crippen LogP contribution < -0.4 is 9.47 Å². The maximum absolute atomic E-state index is 13.4. The Labute approximate surface area is 171 Å². The highest BCUT2D eigenvalue weighted by molar-refractivity contribution is 7.89. The maximum Gasteiger partial charge on any atom is 0.247 e. The van der Waals surface area contributed by atoms with Crippen LogP contribution in [0.25, 0.3) is 0 Å². The van der Waals surface area contributed by atoms with E-state index >= 15 is 0 Å². The third kappa shape index (κ3) is 6.99. The van der Waals surface area contributed by atoms with E-state index in [2.05, 4.69) is 13.2 Å². The maximum atomic E-state index is 13.4. The van der Waals surface area contributed by atoms with Gasteiger partial charge in [0, 0.05) is 18.7 Å². The number of sulfonamides is 1. The highest BCUT2D eigenvalue weighted by atomic mass is 32.2. The first kappa shape index (κ1) is 24.2. The number of allylic oxidation sites excluding steroid dienone is 2. The standard InChI is InChI=1S/C22H35NO4S/c1-7-9-10-11-15-27-21-16-20(26-6)13-14-22(21)28(24,25)23(18(3)4)17-19(5)12-8-2/h7-8,13-14,16,18-19H,1-2,9-12,15,17H2,3-6H3/t19-/m1/s1.